The molecule has 0 spiro atoms. The van der Waals surface area contributed by atoms with Crippen molar-refractivity contribution in [1.29, 1.82) is 0 Å². The van der Waals surface area contributed by atoms with E-state index in [1.54, 1.807) is 22.5 Å². The summed E-state index contributed by atoms with van der Waals surface area (Å²) in [6, 6.07) is 6.90. The predicted molar refractivity (Wildman–Crippen MR) is 97.8 cm³/mol. The van der Waals surface area contributed by atoms with Gasteiger partial charge < -0.3 is 4.90 Å². The van der Waals surface area contributed by atoms with E-state index in [4.69, 9.17) is 11.6 Å². The van der Waals surface area contributed by atoms with E-state index in [-0.39, 0.29) is 0 Å². The highest BCUT2D eigenvalue weighted by Crippen LogP contribution is 2.49. The summed E-state index contributed by atoms with van der Waals surface area (Å²) in [5, 5.41) is 4.18. The molecule has 1 heterocycles. The second-order valence-corrected chi connectivity index (χ2v) is 8.45. The number of nitrogens with zero attached hydrogens (tertiary/aromatic N) is 1. The summed E-state index contributed by atoms with van der Waals surface area (Å²) in [6.07, 6.45) is 5.46. The standard InChI is InChI=1S/C19H22ClNS/c1-21(2)10-15-8-12-3-4-13(7-12)19(15)14-5-6-18-16(9-14)17(20)11-22-18/h5-6,9,11-13H,3-4,7-8,10H2,1-2H3/t12-,13+/m0/s1. The second-order valence-electron chi connectivity index (χ2n) is 7.13. The molecule has 0 aliphatic heterocycles. The Hall–Kier alpha value is -0.830. The average Bonchev–Trinajstić information content (AvgIpc) is 3.03. The molecule has 1 fully saturated rings. The summed E-state index contributed by atoms with van der Waals surface area (Å²) in [5.41, 5.74) is 4.70. The topological polar surface area (TPSA) is 3.24 Å². The van der Waals surface area contributed by atoms with Gasteiger partial charge in [-0.25, -0.2) is 0 Å². The van der Waals surface area contributed by atoms with Gasteiger partial charge >= 0.3 is 0 Å². The van der Waals surface area contributed by atoms with E-state index in [0.717, 1.165) is 23.4 Å². The number of rotatable bonds is 3. The second kappa shape index (κ2) is 5.67. The molecule has 2 bridgehead atoms. The van der Waals surface area contributed by atoms with Crippen LogP contribution < -0.4 is 0 Å². The first-order valence-electron chi connectivity index (χ1n) is 8.15. The monoisotopic (exact) mass is 331 g/mol. The SMILES string of the molecule is CN(C)CC1=C(c2ccc3scc(Cl)c3c2)[C@@H]2CC[C@H](C1)C2. The number of likely N-dealkylation sites (N-methyl/N-ethyl adjacent to an activating group) is 1. The first-order chi connectivity index (χ1) is 10.6. The van der Waals surface area contributed by atoms with Gasteiger partial charge in [0.05, 0.1) is 5.02 Å². The lowest BCUT2D eigenvalue weighted by atomic mass is 9.79. The molecule has 0 N–H and O–H groups in total. The van der Waals surface area contributed by atoms with Gasteiger partial charge in [0.2, 0.25) is 0 Å². The number of hydrogen-bond donors (Lipinski definition) is 0. The molecule has 1 aromatic carbocycles. The first kappa shape index (κ1) is 14.7. The number of allylic oxidation sites excluding steroid dienone is 1. The molecule has 2 atom stereocenters. The lowest BCUT2D eigenvalue weighted by Gasteiger charge is -2.29. The van der Waals surface area contributed by atoms with E-state index >= 15 is 0 Å². The van der Waals surface area contributed by atoms with Crippen molar-refractivity contribution in [2.24, 2.45) is 11.8 Å². The van der Waals surface area contributed by atoms with E-state index < -0.39 is 0 Å². The Bertz CT molecular complexity index is 743. The van der Waals surface area contributed by atoms with Crippen molar-refractivity contribution in [3.05, 3.63) is 39.7 Å². The van der Waals surface area contributed by atoms with Crippen LogP contribution in [0.2, 0.25) is 5.02 Å². The Morgan fingerprint density at radius 3 is 2.95 bits per heavy atom. The van der Waals surface area contributed by atoms with Crippen LogP contribution in [0.5, 0.6) is 0 Å². The maximum atomic E-state index is 6.37. The number of hydrogen-bond acceptors (Lipinski definition) is 2. The van der Waals surface area contributed by atoms with Gasteiger partial charge in [-0.1, -0.05) is 23.2 Å². The molecular weight excluding hydrogens is 310 g/mol. The van der Waals surface area contributed by atoms with Crippen molar-refractivity contribution >= 4 is 38.6 Å². The zero-order chi connectivity index (χ0) is 15.3. The van der Waals surface area contributed by atoms with Crippen LogP contribution in [0.4, 0.5) is 0 Å². The molecule has 0 amide bonds. The predicted octanol–water partition coefficient (Wildman–Crippen LogP) is 5.69. The highest BCUT2D eigenvalue weighted by Gasteiger charge is 2.35. The molecule has 22 heavy (non-hydrogen) atoms. The van der Waals surface area contributed by atoms with Crippen molar-refractivity contribution in [2.75, 3.05) is 20.6 Å². The fourth-order valence-electron chi connectivity index (χ4n) is 4.41. The number of fused-ring (bicyclic) bond motifs is 3. The van der Waals surface area contributed by atoms with Gasteiger partial charge in [-0.05, 0) is 74.9 Å². The number of thiophene rings is 1. The van der Waals surface area contributed by atoms with Crippen LogP contribution in [0, 0.1) is 11.8 Å². The molecule has 1 nitrogen and oxygen atoms in total. The third-order valence-corrected chi connectivity index (χ3v) is 6.62. The van der Waals surface area contributed by atoms with Crippen LogP contribution >= 0.6 is 22.9 Å². The van der Waals surface area contributed by atoms with Crippen LogP contribution in [-0.4, -0.2) is 25.5 Å². The van der Waals surface area contributed by atoms with Crippen molar-refractivity contribution in [1.82, 2.24) is 4.90 Å². The average molecular weight is 332 g/mol. The number of benzene rings is 1. The van der Waals surface area contributed by atoms with Crippen molar-refractivity contribution in [2.45, 2.75) is 25.7 Å². The summed E-state index contributed by atoms with van der Waals surface area (Å²) in [5.74, 6) is 1.70. The van der Waals surface area contributed by atoms with Gasteiger partial charge in [-0.3, -0.25) is 0 Å². The van der Waals surface area contributed by atoms with Crippen LogP contribution in [0.15, 0.2) is 29.2 Å². The third-order valence-electron chi connectivity index (χ3n) is 5.21. The summed E-state index contributed by atoms with van der Waals surface area (Å²) in [6.45, 7) is 1.09. The molecule has 0 saturated heterocycles. The van der Waals surface area contributed by atoms with Gasteiger partial charge in [-0.15, -0.1) is 11.3 Å². The van der Waals surface area contributed by atoms with Gasteiger partial charge in [0.25, 0.3) is 0 Å². The van der Waals surface area contributed by atoms with E-state index in [0.29, 0.717) is 0 Å². The Balaban J connectivity index is 1.84. The third kappa shape index (κ3) is 2.51. The van der Waals surface area contributed by atoms with Gasteiger partial charge in [0.15, 0.2) is 0 Å². The summed E-state index contributed by atoms with van der Waals surface area (Å²) in [4.78, 5) is 2.32. The van der Waals surface area contributed by atoms with Crippen LogP contribution in [-0.2, 0) is 0 Å². The lowest BCUT2D eigenvalue weighted by molar-refractivity contribution is 0.413. The lowest BCUT2D eigenvalue weighted by Crippen LogP contribution is -2.21. The Morgan fingerprint density at radius 1 is 1.27 bits per heavy atom. The molecule has 4 rings (SSSR count). The van der Waals surface area contributed by atoms with Gasteiger partial charge in [0, 0.05) is 22.0 Å². The van der Waals surface area contributed by atoms with Crippen molar-refractivity contribution < 1.29 is 0 Å². The minimum Gasteiger partial charge on any atom is -0.305 e. The number of halogens is 1. The normalized spacial score (nSPS) is 24.7. The summed E-state index contributed by atoms with van der Waals surface area (Å²) in [7, 11) is 4.36. The smallest absolute Gasteiger partial charge is 0.0591 e. The fraction of sp³-hybridized carbons (Fsp3) is 0.474. The molecule has 0 unspecified atom stereocenters. The summed E-state index contributed by atoms with van der Waals surface area (Å²) < 4.78 is 1.30. The quantitative estimate of drug-likeness (QED) is 0.698. The van der Waals surface area contributed by atoms with Crippen molar-refractivity contribution in [3.8, 4) is 0 Å². The zero-order valence-corrected chi connectivity index (χ0v) is 14.8. The fourth-order valence-corrected chi connectivity index (χ4v) is 5.55. The molecule has 1 saturated carbocycles. The maximum Gasteiger partial charge on any atom is 0.0591 e. The highest BCUT2D eigenvalue weighted by atomic mass is 35.5. The maximum absolute atomic E-state index is 6.37. The molecule has 2 aliphatic carbocycles. The van der Waals surface area contributed by atoms with Gasteiger partial charge in [-0.2, -0.15) is 0 Å². The van der Waals surface area contributed by atoms with Crippen LogP contribution in [0.1, 0.15) is 31.2 Å². The molecule has 2 aromatic rings. The minimum atomic E-state index is 0.767. The largest absolute Gasteiger partial charge is 0.305 e. The summed E-state index contributed by atoms with van der Waals surface area (Å²) >= 11 is 8.11. The molecule has 0 radical (unpaired) electrons. The minimum absolute atomic E-state index is 0.767. The van der Waals surface area contributed by atoms with Crippen LogP contribution in [0.3, 0.4) is 0 Å². The zero-order valence-electron chi connectivity index (χ0n) is 13.2. The Kier molecular flexibility index (Phi) is 3.80. The molecular formula is C19H22ClNS. The molecule has 1 aromatic heterocycles. The Labute approximate surface area is 141 Å². The van der Waals surface area contributed by atoms with Crippen molar-refractivity contribution in [3.63, 3.8) is 0 Å². The van der Waals surface area contributed by atoms with E-state index in [1.807, 2.05) is 0 Å². The first-order valence-corrected chi connectivity index (χ1v) is 9.41. The molecule has 2 aliphatic rings. The van der Waals surface area contributed by atoms with E-state index in [2.05, 4.69) is 42.6 Å². The highest BCUT2D eigenvalue weighted by molar-refractivity contribution is 7.17. The van der Waals surface area contributed by atoms with Crippen LogP contribution in [0.25, 0.3) is 15.7 Å². The molecule has 116 valence electrons. The van der Waals surface area contributed by atoms with Gasteiger partial charge in [0.1, 0.15) is 0 Å². The van der Waals surface area contributed by atoms with E-state index in [1.165, 1.54) is 41.3 Å². The Morgan fingerprint density at radius 2 is 2.14 bits per heavy atom. The molecule has 3 heteroatoms. The van der Waals surface area contributed by atoms with E-state index in [9.17, 15) is 0 Å².